The summed E-state index contributed by atoms with van der Waals surface area (Å²) in [5, 5.41) is 18.0. The predicted octanol–water partition coefficient (Wildman–Crippen LogP) is 1.82. The van der Waals surface area contributed by atoms with E-state index in [1.165, 1.54) is 0 Å². The molecule has 3 atom stereocenters. The Morgan fingerprint density at radius 1 is 1.28 bits per heavy atom. The molecule has 9 heteroatoms. The number of aliphatic hydroxyl groups excluding tert-OH is 1. The summed E-state index contributed by atoms with van der Waals surface area (Å²) in [5.74, 6) is 0.245. The van der Waals surface area contributed by atoms with E-state index in [9.17, 15) is 13.5 Å². The van der Waals surface area contributed by atoms with E-state index >= 15 is 0 Å². The van der Waals surface area contributed by atoms with Crippen molar-refractivity contribution >= 4 is 10.0 Å². The molecule has 29 heavy (non-hydrogen) atoms. The average molecular weight is 423 g/mol. The van der Waals surface area contributed by atoms with Crippen LogP contribution in [0.5, 0.6) is 0 Å². The third kappa shape index (κ3) is 6.33. The highest BCUT2D eigenvalue weighted by atomic mass is 32.2. The van der Waals surface area contributed by atoms with E-state index in [0.29, 0.717) is 18.9 Å². The molecular formula is C20H30N4O4S. The molecule has 1 fully saturated rings. The Balaban J connectivity index is 1.52. The summed E-state index contributed by atoms with van der Waals surface area (Å²) in [4.78, 5) is 0. The largest absolute Gasteiger partial charge is 0.394 e. The molecule has 160 valence electrons. The van der Waals surface area contributed by atoms with Gasteiger partial charge in [0.25, 0.3) is 0 Å². The molecule has 1 aromatic carbocycles. The summed E-state index contributed by atoms with van der Waals surface area (Å²) < 4.78 is 35.5. The predicted molar refractivity (Wildman–Crippen MR) is 110 cm³/mol. The van der Waals surface area contributed by atoms with E-state index < -0.39 is 22.2 Å². The van der Waals surface area contributed by atoms with Gasteiger partial charge in [-0.3, -0.25) is 4.68 Å². The fourth-order valence-electron chi connectivity index (χ4n) is 3.51. The molecule has 2 heterocycles. The minimum atomic E-state index is -3.52. The number of hydrogen-bond acceptors (Lipinski definition) is 6. The molecule has 3 rings (SSSR count). The second-order valence-corrected chi connectivity index (χ2v) is 9.63. The standard InChI is InChI=1S/C20H30N4O4S/c1-15(2)19-12-24(23-21-19)11-10-17-8-9-18(20(13-25)28-17)22-29(26,27)14-16-6-4-3-5-7-16/h3-7,12,15,17-18,20,22,25H,8-11,13-14H2,1-2H3/t17-,18+,20-/m0/s1. The summed E-state index contributed by atoms with van der Waals surface area (Å²) in [5.41, 5.74) is 1.68. The Hall–Kier alpha value is -1.81. The summed E-state index contributed by atoms with van der Waals surface area (Å²) in [6.07, 6.45) is 3.42. The van der Waals surface area contributed by atoms with Crippen LogP contribution < -0.4 is 4.72 Å². The number of aromatic nitrogens is 3. The summed E-state index contributed by atoms with van der Waals surface area (Å²) in [7, 11) is -3.52. The Labute approximate surface area is 172 Å². The average Bonchev–Trinajstić information content (AvgIpc) is 3.17. The van der Waals surface area contributed by atoms with Crippen LogP contribution in [0.1, 0.15) is 50.3 Å². The molecule has 0 bridgehead atoms. The van der Waals surface area contributed by atoms with Gasteiger partial charge in [0.05, 0.1) is 36.3 Å². The molecule has 0 saturated carbocycles. The number of nitrogens with one attached hydrogen (secondary N) is 1. The van der Waals surface area contributed by atoms with E-state index in [0.717, 1.165) is 24.1 Å². The first-order chi connectivity index (χ1) is 13.9. The van der Waals surface area contributed by atoms with E-state index in [4.69, 9.17) is 4.74 Å². The number of aliphatic hydroxyl groups is 1. The van der Waals surface area contributed by atoms with Crippen LogP contribution in [0.15, 0.2) is 36.5 Å². The van der Waals surface area contributed by atoms with Crippen LogP contribution >= 0.6 is 0 Å². The van der Waals surface area contributed by atoms with Crippen LogP contribution in [0.25, 0.3) is 0 Å². The fraction of sp³-hybridized carbons (Fsp3) is 0.600. The van der Waals surface area contributed by atoms with E-state index in [2.05, 4.69) is 28.9 Å². The maximum absolute atomic E-state index is 12.5. The highest BCUT2D eigenvalue weighted by Gasteiger charge is 2.33. The molecule has 1 aliphatic rings. The quantitative estimate of drug-likeness (QED) is 0.638. The second kappa shape index (κ2) is 9.80. The highest BCUT2D eigenvalue weighted by Crippen LogP contribution is 2.23. The maximum atomic E-state index is 12.5. The van der Waals surface area contributed by atoms with E-state index in [1.54, 1.807) is 16.8 Å². The van der Waals surface area contributed by atoms with Gasteiger partial charge in [-0.15, -0.1) is 5.10 Å². The van der Waals surface area contributed by atoms with Gasteiger partial charge in [-0.2, -0.15) is 0 Å². The first-order valence-corrected chi connectivity index (χ1v) is 11.7. The van der Waals surface area contributed by atoms with Gasteiger partial charge in [0.15, 0.2) is 0 Å². The van der Waals surface area contributed by atoms with Crippen LogP contribution in [0, 0.1) is 0 Å². The van der Waals surface area contributed by atoms with Crippen molar-refractivity contribution in [1.29, 1.82) is 0 Å². The van der Waals surface area contributed by atoms with Crippen molar-refractivity contribution in [2.75, 3.05) is 6.61 Å². The van der Waals surface area contributed by atoms with Crippen molar-refractivity contribution in [2.45, 2.75) is 69.6 Å². The number of ether oxygens (including phenoxy) is 1. The smallest absolute Gasteiger partial charge is 0.216 e. The first-order valence-electron chi connectivity index (χ1n) is 10.1. The van der Waals surface area contributed by atoms with Gasteiger partial charge in [-0.25, -0.2) is 13.1 Å². The van der Waals surface area contributed by atoms with Gasteiger partial charge >= 0.3 is 0 Å². The molecule has 0 amide bonds. The topological polar surface area (TPSA) is 106 Å². The lowest BCUT2D eigenvalue weighted by Gasteiger charge is -2.36. The third-order valence-electron chi connectivity index (χ3n) is 5.15. The molecule has 0 spiro atoms. The Morgan fingerprint density at radius 2 is 2.03 bits per heavy atom. The van der Waals surface area contributed by atoms with Crippen molar-refractivity contribution in [3.05, 3.63) is 47.8 Å². The first kappa shape index (κ1) is 21.9. The van der Waals surface area contributed by atoms with Gasteiger partial charge < -0.3 is 9.84 Å². The number of rotatable bonds is 9. The van der Waals surface area contributed by atoms with Crippen LogP contribution in [0.4, 0.5) is 0 Å². The SMILES string of the molecule is CC(C)c1cn(CC[C@@H]2CC[C@@H](NS(=O)(=O)Cc3ccccc3)[C@H](CO)O2)nn1. The van der Waals surface area contributed by atoms with Gasteiger partial charge in [0.2, 0.25) is 10.0 Å². The van der Waals surface area contributed by atoms with Crippen molar-refractivity contribution in [3.63, 3.8) is 0 Å². The highest BCUT2D eigenvalue weighted by molar-refractivity contribution is 7.88. The molecule has 0 unspecified atom stereocenters. The zero-order valence-corrected chi connectivity index (χ0v) is 17.8. The molecule has 2 aromatic rings. The number of aryl methyl sites for hydroxylation is 1. The maximum Gasteiger partial charge on any atom is 0.216 e. The van der Waals surface area contributed by atoms with Crippen molar-refractivity contribution in [1.82, 2.24) is 19.7 Å². The van der Waals surface area contributed by atoms with Crippen LogP contribution in [-0.4, -0.2) is 53.4 Å². The van der Waals surface area contributed by atoms with Crippen LogP contribution in [-0.2, 0) is 27.1 Å². The summed E-state index contributed by atoms with van der Waals surface area (Å²) >= 11 is 0. The molecule has 1 aliphatic heterocycles. The lowest BCUT2D eigenvalue weighted by Crippen LogP contribution is -2.51. The molecule has 0 aliphatic carbocycles. The Morgan fingerprint density at radius 3 is 2.69 bits per heavy atom. The van der Waals surface area contributed by atoms with Crippen molar-refractivity contribution in [3.8, 4) is 0 Å². The minimum Gasteiger partial charge on any atom is -0.394 e. The fourth-order valence-corrected chi connectivity index (χ4v) is 4.95. The normalized spacial score (nSPS) is 22.8. The molecular weight excluding hydrogens is 392 g/mol. The molecule has 0 radical (unpaired) electrons. The van der Waals surface area contributed by atoms with Gasteiger partial charge in [-0.1, -0.05) is 49.4 Å². The molecule has 1 aromatic heterocycles. The van der Waals surface area contributed by atoms with Crippen molar-refractivity contribution in [2.24, 2.45) is 0 Å². The number of hydrogen-bond donors (Lipinski definition) is 2. The van der Waals surface area contributed by atoms with Gasteiger partial charge in [0.1, 0.15) is 0 Å². The van der Waals surface area contributed by atoms with Crippen LogP contribution in [0.3, 0.4) is 0 Å². The van der Waals surface area contributed by atoms with Crippen molar-refractivity contribution < 1.29 is 18.3 Å². The number of benzene rings is 1. The van der Waals surface area contributed by atoms with Crippen LogP contribution in [0.2, 0.25) is 0 Å². The summed E-state index contributed by atoms with van der Waals surface area (Å²) in [6, 6.07) is 8.62. The molecule has 2 N–H and O–H groups in total. The number of sulfonamides is 1. The Bertz CT molecular complexity index is 870. The Kier molecular flexibility index (Phi) is 7.39. The molecule has 1 saturated heterocycles. The zero-order chi connectivity index (χ0) is 20.9. The van der Waals surface area contributed by atoms with Gasteiger partial charge in [0, 0.05) is 12.7 Å². The van der Waals surface area contributed by atoms with Gasteiger partial charge in [-0.05, 0) is 30.7 Å². The lowest BCUT2D eigenvalue weighted by molar-refractivity contribution is -0.0891. The lowest BCUT2D eigenvalue weighted by atomic mass is 9.98. The minimum absolute atomic E-state index is 0.0475. The van der Waals surface area contributed by atoms with E-state index in [1.807, 2.05) is 24.4 Å². The monoisotopic (exact) mass is 422 g/mol. The van der Waals surface area contributed by atoms with E-state index in [-0.39, 0.29) is 18.5 Å². The second-order valence-electron chi connectivity index (χ2n) is 7.88. The third-order valence-corrected chi connectivity index (χ3v) is 6.53. The molecule has 8 nitrogen and oxygen atoms in total. The number of nitrogens with zero attached hydrogens (tertiary/aromatic N) is 3. The zero-order valence-electron chi connectivity index (χ0n) is 16.9. The summed E-state index contributed by atoms with van der Waals surface area (Å²) in [6.45, 7) is 4.59.